The van der Waals surface area contributed by atoms with Crippen LogP contribution in [0.15, 0.2) is 30.3 Å². The monoisotopic (exact) mass is 313 g/mol. The molecule has 2 aromatic rings. The second-order valence-corrected chi connectivity index (χ2v) is 4.79. The molecule has 0 amide bonds. The van der Waals surface area contributed by atoms with Gasteiger partial charge in [-0.25, -0.2) is 4.79 Å². The van der Waals surface area contributed by atoms with Gasteiger partial charge in [0.25, 0.3) is 0 Å². The van der Waals surface area contributed by atoms with E-state index in [4.69, 9.17) is 28.3 Å². The van der Waals surface area contributed by atoms with E-state index in [-0.39, 0.29) is 22.0 Å². The second kappa shape index (κ2) is 5.48. The molecule has 2 rings (SSSR count). The van der Waals surface area contributed by atoms with E-state index in [1.54, 1.807) is 0 Å². The van der Waals surface area contributed by atoms with E-state index in [1.165, 1.54) is 30.3 Å². The fraction of sp³-hybridized carbons (Fsp3) is 0. The van der Waals surface area contributed by atoms with Crippen molar-refractivity contribution in [3.63, 3.8) is 0 Å². The molecule has 0 bridgehead atoms. The van der Waals surface area contributed by atoms with Crippen LogP contribution in [0.3, 0.4) is 0 Å². The summed E-state index contributed by atoms with van der Waals surface area (Å²) in [5.74, 6) is -1.82. The molecule has 7 heteroatoms. The van der Waals surface area contributed by atoms with E-state index in [9.17, 15) is 15.0 Å². The highest BCUT2D eigenvalue weighted by Crippen LogP contribution is 2.37. The number of aromatic hydroxyl groups is 2. The Kier molecular flexibility index (Phi) is 3.92. The zero-order chi connectivity index (χ0) is 14.9. The van der Waals surface area contributed by atoms with Crippen molar-refractivity contribution in [2.24, 2.45) is 0 Å². The zero-order valence-electron chi connectivity index (χ0n) is 9.89. The molecular weight excluding hydrogens is 305 g/mol. The average molecular weight is 314 g/mol. The number of benzene rings is 2. The number of phenolic OH excluding ortho intramolecular Hbond substituents is 1. The van der Waals surface area contributed by atoms with Crippen LogP contribution in [0.25, 0.3) is 0 Å². The predicted molar refractivity (Wildman–Crippen MR) is 76.5 cm³/mol. The van der Waals surface area contributed by atoms with E-state index < -0.39 is 11.7 Å². The summed E-state index contributed by atoms with van der Waals surface area (Å²) in [6.07, 6.45) is 0. The Morgan fingerprint density at radius 2 is 1.80 bits per heavy atom. The zero-order valence-corrected chi connectivity index (χ0v) is 11.4. The van der Waals surface area contributed by atoms with Gasteiger partial charge < -0.3 is 20.6 Å². The molecular formula is C13H9Cl2NO4. The minimum Gasteiger partial charge on any atom is -0.507 e. The van der Waals surface area contributed by atoms with E-state index in [0.29, 0.717) is 10.7 Å². The molecule has 104 valence electrons. The van der Waals surface area contributed by atoms with Gasteiger partial charge in [0.2, 0.25) is 0 Å². The first kappa shape index (κ1) is 14.3. The molecule has 0 unspecified atom stereocenters. The molecule has 5 nitrogen and oxygen atoms in total. The normalized spacial score (nSPS) is 10.3. The summed E-state index contributed by atoms with van der Waals surface area (Å²) in [6.45, 7) is 0. The van der Waals surface area contributed by atoms with Crippen LogP contribution in [0, 0.1) is 0 Å². The van der Waals surface area contributed by atoms with Gasteiger partial charge in [-0.05, 0) is 24.3 Å². The van der Waals surface area contributed by atoms with E-state index >= 15 is 0 Å². The van der Waals surface area contributed by atoms with Crippen LogP contribution >= 0.6 is 23.2 Å². The third-order valence-corrected chi connectivity index (χ3v) is 3.04. The Balaban J connectivity index is 2.36. The van der Waals surface area contributed by atoms with Gasteiger partial charge in [-0.3, -0.25) is 0 Å². The third-order valence-electron chi connectivity index (χ3n) is 2.54. The molecule has 0 spiro atoms. The maximum Gasteiger partial charge on any atom is 0.339 e. The van der Waals surface area contributed by atoms with Gasteiger partial charge in [-0.15, -0.1) is 0 Å². The van der Waals surface area contributed by atoms with Gasteiger partial charge in [0, 0.05) is 16.8 Å². The number of aromatic carboxylic acids is 1. The van der Waals surface area contributed by atoms with Crippen molar-refractivity contribution in [3.8, 4) is 11.5 Å². The largest absolute Gasteiger partial charge is 0.507 e. The number of carboxylic acids is 1. The highest BCUT2D eigenvalue weighted by Gasteiger charge is 2.12. The lowest BCUT2D eigenvalue weighted by atomic mass is 10.1. The van der Waals surface area contributed by atoms with Crippen molar-refractivity contribution in [3.05, 3.63) is 45.9 Å². The van der Waals surface area contributed by atoms with Crippen LogP contribution in [0.4, 0.5) is 11.4 Å². The maximum atomic E-state index is 10.8. The number of carbonyl (C=O) groups is 1. The Morgan fingerprint density at radius 1 is 1.10 bits per heavy atom. The number of carboxylic acid groups (broad SMARTS) is 1. The molecule has 0 aliphatic heterocycles. The highest BCUT2D eigenvalue weighted by atomic mass is 35.5. The standard InChI is InChI=1S/C13H9Cl2NO4/c14-6-3-9(15)12(18)10(4-6)16-7-1-2-8(13(19)20)11(17)5-7/h1-5,16-18H,(H,19,20). The number of hydrogen-bond donors (Lipinski definition) is 4. The van der Waals surface area contributed by atoms with Crippen molar-refractivity contribution in [2.45, 2.75) is 0 Å². The summed E-state index contributed by atoms with van der Waals surface area (Å²) in [5, 5.41) is 31.4. The van der Waals surface area contributed by atoms with Crippen LogP contribution in [-0.2, 0) is 0 Å². The fourth-order valence-corrected chi connectivity index (χ4v) is 2.10. The smallest absolute Gasteiger partial charge is 0.339 e. The van der Waals surface area contributed by atoms with Crippen molar-refractivity contribution in [1.29, 1.82) is 0 Å². The molecule has 0 saturated heterocycles. The Bertz CT molecular complexity index is 688. The molecule has 0 radical (unpaired) electrons. The van der Waals surface area contributed by atoms with Gasteiger partial charge in [-0.2, -0.15) is 0 Å². The second-order valence-electron chi connectivity index (χ2n) is 3.95. The van der Waals surface area contributed by atoms with Crippen LogP contribution in [0.5, 0.6) is 11.5 Å². The first-order valence-corrected chi connectivity index (χ1v) is 6.15. The van der Waals surface area contributed by atoms with Crippen LogP contribution < -0.4 is 5.32 Å². The van der Waals surface area contributed by atoms with Gasteiger partial charge >= 0.3 is 5.97 Å². The van der Waals surface area contributed by atoms with Crippen LogP contribution in [-0.4, -0.2) is 21.3 Å². The fourth-order valence-electron chi connectivity index (χ4n) is 1.61. The highest BCUT2D eigenvalue weighted by molar-refractivity contribution is 6.36. The van der Waals surface area contributed by atoms with Crippen molar-refractivity contribution in [2.75, 3.05) is 5.32 Å². The molecule has 0 saturated carbocycles. The first-order valence-electron chi connectivity index (χ1n) is 5.40. The number of halogens is 2. The van der Waals surface area contributed by atoms with Gasteiger partial charge in [0.05, 0.1) is 10.7 Å². The van der Waals surface area contributed by atoms with Crippen molar-refractivity contribution >= 4 is 40.5 Å². The number of rotatable bonds is 3. The van der Waals surface area contributed by atoms with Gasteiger partial charge in [0.15, 0.2) is 5.75 Å². The third kappa shape index (κ3) is 2.89. The molecule has 4 N–H and O–H groups in total. The van der Waals surface area contributed by atoms with Gasteiger partial charge in [-0.1, -0.05) is 23.2 Å². The molecule has 0 aliphatic carbocycles. The minimum atomic E-state index is -1.23. The molecule has 0 heterocycles. The quantitative estimate of drug-likeness (QED) is 0.646. The van der Waals surface area contributed by atoms with Crippen LogP contribution in [0.1, 0.15) is 10.4 Å². The van der Waals surface area contributed by atoms with Crippen molar-refractivity contribution in [1.82, 2.24) is 0 Å². The lowest BCUT2D eigenvalue weighted by Crippen LogP contribution is -1.98. The molecule has 0 aliphatic rings. The SMILES string of the molecule is O=C(O)c1ccc(Nc2cc(Cl)cc(Cl)c2O)cc1O. The summed E-state index contributed by atoms with van der Waals surface area (Å²) in [4.78, 5) is 10.8. The number of phenols is 2. The summed E-state index contributed by atoms with van der Waals surface area (Å²) in [5.41, 5.74) is 0.398. The Hall–Kier alpha value is -2.11. The number of hydrogen-bond acceptors (Lipinski definition) is 4. The van der Waals surface area contributed by atoms with E-state index in [1.807, 2.05) is 0 Å². The average Bonchev–Trinajstić information content (AvgIpc) is 2.35. The summed E-state index contributed by atoms with van der Waals surface area (Å²) < 4.78 is 0. The summed E-state index contributed by atoms with van der Waals surface area (Å²) in [7, 11) is 0. The minimum absolute atomic E-state index is 0.0754. The molecule has 20 heavy (non-hydrogen) atoms. The van der Waals surface area contributed by atoms with E-state index in [0.717, 1.165) is 0 Å². The maximum absolute atomic E-state index is 10.8. The Labute approximate surface area is 124 Å². The molecule has 0 aromatic heterocycles. The van der Waals surface area contributed by atoms with Crippen molar-refractivity contribution < 1.29 is 20.1 Å². The molecule has 0 fully saturated rings. The number of nitrogens with one attached hydrogen (secondary N) is 1. The molecule has 0 atom stereocenters. The van der Waals surface area contributed by atoms with Gasteiger partial charge in [0.1, 0.15) is 11.3 Å². The first-order chi connectivity index (χ1) is 9.38. The Morgan fingerprint density at radius 3 is 2.40 bits per heavy atom. The topological polar surface area (TPSA) is 89.8 Å². The number of anilines is 2. The molecule has 2 aromatic carbocycles. The van der Waals surface area contributed by atoms with Crippen LogP contribution in [0.2, 0.25) is 10.0 Å². The lowest BCUT2D eigenvalue weighted by molar-refractivity contribution is 0.0694. The lowest BCUT2D eigenvalue weighted by Gasteiger charge is -2.11. The summed E-state index contributed by atoms with van der Waals surface area (Å²) in [6, 6.07) is 6.73. The summed E-state index contributed by atoms with van der Waals surface area (Å²) >= 11 is 11.6. The van der Waals surface area contributed by atoms with E-state index in [2.05, 4.69) is 5.32 Å². The predicted octanol–water partition coefficient (Wildman–Crippen LogP) is 3.85.